The number of carbonyl (C=O) groups excluding carboxylic acids is 2. The molecule has 0 saturated heterocycles. The Balaban J connectivity index is 2.13. The second-order valence-electron chi connectivity index (χ2n) is 7.66. The lowest BCUT2D eigenvalue weighted by Crippen LogP contribution is -2.40. The summed E-state index contributed by atoms with van der Waals surface area (Å²) >= 11 is 0. The van der Waals surface area contributed by atoms with E-state index in [0.717, 1.165) is 0 Å². The van der Waals surface area contributed by atoms with Gasteiger partial charge >= 0.3 is 0 Å². The smallest absolute Gasteiger partial charge is 0.255 e. The van der Waals surface area contributed by atoms with Crippen LogP contribution in [0.4, 0.5) is 11.4 Å². The third-order valence-electron chi connectivity index (χ3n) is 4.00. The van der Waals surface area contributed by atoms with Crippen LogP contribution < -0.4 is 20.1 Å². The quantitative estimate of drug-likeness (QED) is 0.620. The maximum atomic E-state index is 12.5. The third-order valence-corrected chi connectivity index (χ3v) is 5.29. The molecular formula is C21H27N3O5S. The van der Waals surface area contributed by atoms with E-state index in [1.807, 2.05) is 20.8 Å². The molecule has 0 aliphatic rings. The van der Waals surface area contributed by atoms with Gasteiger partial charge in [0.2, 0.25) is 10.0 Å². The summed E-state index contributed by atoms with van der Waals surface area (Å²) in [5, 5.41) is 5.59. The van der Waals surface area contributed by atoms with E-state index in [1.54, 1.807) is 30.3 Å². The van der Waals surface area contributed by atoms with Gasteiger partial charge in [-0.3, -0.25) is 14.3 Å². The Morgan fingerprint density at radius 2 is 1.53 bits per heavy atom. The number of benzene rings is 2. The fourth-order valence-corrected chi connectivity index (χ4v) is 3.13. The van der Waals surface area contributed by atoms with Crippen molar-refractivity contribution < 1.29 is 22.7 Å². The summed E-state index contributed by atoms with van der Waals surface area (Å²) in [6.07, 6.45) is 0. The molecule has 0 unspecified atom stereocenters. The van der Waals surface area contributed by atoms with E-state index < -0.39 is 10.0 Å². The highest BCUT2D eigenvalue weighted by Gasteiger charge is 2.16. The Labute approximate surface area is 177 Å². The van der Waals surface area contributed by atoms with Gasteiger partial charge in [0.25, 0.3) is 11.8 Å². The first kappa shape index (κ1) is 23.2. The number of amides is 2. The molecule has 0 fully saturated rings. The zero-order valence-electron chi connectivity index (χ0n) is 17.7. The lowest BCUT2D eigenvalue weighted by Gasteiger charge is -2.20. The van der Waals surface area contributed by atoms with Crippen LogP contribution in [-0.2, 0) is 10.0 Å². The van der Waals surface area contributed by atoms with Crippen molar-refractivity contribution in [3.05, 3.63) is 53.6 Å². The number of nitrogens with one attached hydrogen (secondary N) is 3. The molecule has 162 valence electrons. The number of hydrogen-bond acceptors (Lipinski definition) is 5. The van der Waals surface area contributed by atoms with Crippen molar-refractivity contribution in [3.63, 3.8) is 0 Å². The SMILES string of the molecule is CCS(=O)(=O)Nc1ccc(NC(=O)c2ccc(C(=O)NC(C)(C)C)cc2)cc1OC. The topological polar surface area (TPSA) is 114 Å². The molecule has 2 rings (SSSR count). The summed E-state index contributed by atoms with van der Waals surface area (Å²) in [4.78, 5) is 24.7. The Morgan fingerprint density at radius 3 is 2.03 bits per heavy atom. The number of anilines is 2. The fourth-order valence-electron chi connectivity index (χ4n) is 2.48. The van der Waals surface area contributed by atoms with Gasteiger partial charge in [0, 0.05) is 28.4 Å². The van der Waals surface area contributed by atoms with Gasteiger partial charge in [0.15, 0.2) is 0 Å². The third kappa shape index (κ3) is 6.48. The van der Waals surface area contributed by atoms with E-state index >= 15 is 0 Å². The number of ether oxygens (including phenoxy) is 1. The molecule has 0 aromatic heterocycles. The zero-order chi connectivity index (χ0) is 22.5. The van der Waals surface area contributed by atoms with Crippen LogP contribution in [0.3, 0.4) is 0 Å². The van der Waals surface area contributed by atoms with Crippen molar-refractivity contribution in [2.24, 2.45) is 0 Å². The molecule has 0 atom stereocenters. The minimum atomic E-state index is -3.46. The highest BCUT2D eigenvalue weighted by Crippen LogP contribution is 2.29. The number of methoxy groups -OCH3 is 1. The number of carbonyl (C=O) groups is 2. The Kier molecular flexibility index (Phi) is 7.09. The van der Waals surface area contributed by atoms with Gasteiger partial charge in [-0.1, -0.05) is 0 Å². The first-order chi connectivity index (χ1) is 13.9. The van der Waals surface area contributed by atoms with E-state index in [9.17, 15) is 18.0 Å². The van der Waals surface area contributed by atoms with Crippen molar-refractivity contribution in [1.29, 1.82) is 0 Å². The largest absolute Gasteiger partial charge is 0.494 e. The van der Waals surface area contributed by atoms with Gasteiger partial charge in [-0.05, 0) is 64.1 Å². The molecular weight excluding hydrogens is 406 g/mol. The molecule has 0 radical (unpaired) electrons. The van der Waals surface area contributed by atoms with Crippen LogP contribution in [0.25, 0.3) is 0 Å². The highest BCUT2D eigenvalue weighted by molar-refractivity contribution is 7.92. The van der Waals surface area contributed by atoms with Gasteiger partial charge in [-0.2, -0.15) is 0 Å². The van der Waals surface area contributed by atoms with E-state index in [2.05, 4.69) is 15.4 Å². The molecule has 3 N–H and O–H groups in total. The van der Waals surface area contributed by atoms with Crippen LogP contribution in [0.2, 0.25) is 0 Å². The molecule has 2 aromatic rings. The molecule has 9 heteroatoms. The standard InChI is InChI=1S/C21H27N3O5S/c1-6-30(27,28)24-17-12-11-16(13-18(17)29-5)22-19(25)14-7-9-15(10-8-14)20(26)23-21(2,3)4/h7-13,24H,6H2,1-5H3,(H,22,25)(H,23,26). The molecule has 0 heterocycles. The van der Waals surface area contributed by atoms with Crippen LogP contribution in [0.15, 0.2) is 42.5 Å². The monoisotopic (exact) mass is 433 g/mol. The second kappa shape index (κ2) is 9.17. The van der Waals surface area contributed by atoms with E-state index in [1.165, 1.54) is 26.2 Å². The molecule has 0 aliphatic carbocycles. The van der Waals surface area contributed by atoms with Gasteiger partial charge < -0.3 is 15.4 Å². The average Bonchev–Trinajstić information content (AvgIpc) is 2.67. The Hall–Kier alpha value is -3.07. The minimum Gasteiger partial charge on any atom is -0.494 e. The summed E-state index contributed by atoms with van der Waals surface area (Å²) < 4.78 is 31.2. The van der Waals surface area contributed by atoms with Crippen molar-refractivity contribution in [1.82, 2.24) is 5.32 Å². The van der Waals surface area contributed by atoms with Gasteiger partial charge in [0.1, 0.15) is 5.75 Å². The average molecular weight is 434 g/mol. The summed E-state index contributed by atoms with van der Waals surface area (Å²) in [5.41, 5.74) is 1.19. The van der Waals surface area contributed by atoms with Crippen LogP contribution in [0, 0.1) is 0 Å². The first-order valence-corrected chi connectivity index (χ1v) is 11.0. The maximum absolute atomic E-state index is 12.5. The fraction of sp³-hybridized carbons (Fsp3) is 0.333. The number of rotatable bonds is 7. The lowest BCUT2D eigenvalue weighted by atomic mass is 10.1. The van der Waals surface area contributed by atoms with Crippen molar-refractivity contribution >= 4 is 33.2 Å². The van der Waals surface area contributed by atoms with Crippen LogP contribution in [0.5, 0.6) is 5.75 Å². The zero-order valence-corrected chi connectivity index (χ0v) is 18.5. The Bertz CT molecular complexity index is 1030. The van der Waals surface area contributed by atoms with E-state index in [-0.39, 0.29) is 34.5 Å². The molecule has 0 spiro atoms. The second-order valence-corrected chi connectivity index (χ2v) is 9.67. The maximum Gasteiger partial charge on any atom is 0.255 e. The number of hydrogen-bond donors (Lipinski definition) is 3. The lowest BCUT2D eigenvalue weighted by molar-refractivity contribution is 0.0918. The van der Waals surface area contributed by atoms with E-state index in [4.69, 9.17) is 4.74 Å². The van der Waals surface area contributed by atoms with Crippen molar-refractivity contribution in [2.45, 2.75) is 33.2 Å². The van der Waals surface area contributed by atoms with Crippen molar-refractivity contribution in [3.8, 4) is 5.75 Å². The summed E-state index contributed by atoms with van der Waals surface area (Å²) in [5.74, 6) is -0.386. The summed E-state index contributed by atoms with van der Waals surface area (Å²) in [7, 11) is -2.05. The predicted molar refractivity (Wildman–Crippen MR) is 118 cm³/mol. The van der Waals surface area contributed by atoms with Gasteiger partial charge in [-0.25, -0.2) is 8.42 Å². The highest BCUT2D eigenvalue weighted by atomic mass is 32.2. The van der Waals surface area contributed by atoms with Gasteiger partial charge in [0.05, 0.1) is 18.6 Å². The minimum absolute atomic E-state index is 0.0710. The molecule has 0 bridgehead atoms. The summed E-state index contributed by atoms with van der Waals surface area (Å²) in [6.45, 7) is 7.19. The molecule has 8 nitrogen and oxygen atoms in total. The molecule has 0 aliphatic heterocycles. The molecule has 0 saturated carbocycles. The van der Waals surface area contributed by atoms with Crippen LogP contribution in [-0.4, -0.2) is 38.6 Å². The first-order valence-electron chi connectivity index (χ1n) is 9.36. The summed E-state index contributed by atoms with van der Waals surface area (Å²) in [6, 6.07) is 10.9. The molecule has 2 amide bonds. The van der Waals surface area contributed by atoms with Crippen molar-refractivity contribution in [2.75, 3.05) is 22.9 Å². The molecule has 30 heavy (non-hydrogen) atoms. The predicted octanol–water partition coefficient (Wildman–Crippen LogP) is 3.24. The van der Waals surface area contributed by atoms with Gasteiger partial charge in [-0.15, -0.1) is 0 Å². The van der Waals surface area contributed by atoms with Crippen LogP contribution >= 0.6 is 0 Å². The Morgan fingerprint density at radius 1 is 0.967 bits per heavy atom. The van der Waals surface area contributed by atoms with E-state index in [0.29, 0.717) is 16.8 Å². The normalized spacial score (nSPS) is 11.5. The molecule has 2 aromatic carbocycles. The van der Waals surface area contributed by atoms with Crippen LogP contribution in [0.1, 0.15) is 48.4 Å². The number of sulfonamides is 1.